The molecule has 0 aliphatic heterocycles. The van der Waals surface area contributed by atoms with E-state index in [4.69, 9.17) is 25.5 Å². The lowest BCUT2D eigenvalue weighted by Gasteiger charge is -2.45. The van der Waals surface area contributed by atoms with Gasteiger partial charge in [0, 0.05) is 5.56 Å². The Morgan fingerprint density at radius 2 is 1.75 bits per heavy atom. The van der Waals surface area contributed by atoms with E-state index in [0.29, 0.717) is 24.3 Å². The molecule has 0 amide bonds. The number of fused-ring (bicyclic) bond motifs is 2. The first-order valence-corrected chi connectivity index (χ1v) is 13.2. The fraction of sp³-hybridized carbons (Fsp3) is 0.714. The third-order valence-electron chi connectivity index (χ3n) is 7.13. The molecule has 28 heavy (non-hydrogen) atoms. The molecule has 1 fully saturated rings. The zero-order valence-corrected chi connectivity index (χ0v) is 19.7. The molecule has 0 aromatic heterocycles. The van der Waals surface area contributed by atoms with E-state index in [1.165, 1.54) is 7.11 Å². The van der Waals surface area contributed by atoms with Crippen molar-refractivity contribution in [3.05, 3.63) is 17.2 Å². The fourth-order valence-corrected chi connectivity index (χ4v) is 6.57. The smallest absolute Gasteiger partial charge is 0.203 e. The highest BCUT2D eigenvalue weighted by Gasteiger charge is 2.62. The standard InChI is InChI=1S/C21H33ClO5Si/c1-20(2,3)28(6,7)27-17-9-8-16(24)21(17)13-11-14(23)19(26-5)18(25-4)12(13)10-15(21)22/h11,15-17,23-24H,8-10H2,1-7H3/t15-,16-,17-,21+/m0/s1. The van der Waals surface area contributed by atoms with Crippen LogP contribution in [-0.2, 0) is 16.3 Å². The first-order valence-electron chi connectivity index (χ1n) is 9.89. The number of aliphatic hydroxyl groups is 1. The quantitative estimate of drug-likeness (QED) is 0.551. The molecule has 158 valence electrons. The Bertz CT molecular complexity index is 760. The van der Waals surface area contributed by atoms with E-state index in [9.17, 15) is 10.2 Å². The van der Waals surface area contributed by atoms with Crippen LogP contribution in [0.15, 0.2) is 6.07 Å². The molecule has 0 unspecified atom stereocenters. The number of benzene rings is 1. The van der Waals surface area contributed by atoms with Crippen LogP contribution in [0, 0.1) is 0 Å². The predicted octanol–water partition coefficient (Wildman–Crippen LogP) is 4.36. The minimum atomic E-state index is -2.09. The van der Waals surface area contributed by atoms with Crippen LogP contribution in [0.5, 0.6) is 17.2 Å². The van der Waals surface area contributed by atoms with Crippen LogP contribution in [0.3, 0.4) is 0 Å². The Morgan fingerprint density at radius 3 is 2.29 bits per heavy atom. The lowest BCUT2D eigenvalue weighted by Crippen LogP contribution is -2.54. The van der Waals surface area contributed by atoms with Crippen molar-refractivity contribution >= 4 is 19.9 Å². The van der Waals surface area contributed by atoms with Gasteiger partial charge in [-0.25, -0.2) is 0 Å². The molecule has 5 nitrogen and oxygen atoms in total. The van der Waals surface area contributed by atoms with Crippen LogP contribution in [0.1, 0.15) is 44.7 Å². The van der Waals surface area contributed by atoms with Gasteiger partial charge in [0.15, 0.2) is 19.8 Å². The minimum Gasteiger partial charge on any atom is -0.504 e. The highest BCUT2D eigenvalue weighted by Crippen LogP contribution is 2.59. The molecule has 3 rings (SSSR count). The van der Waals surface area contributed by atoms with Crippen LogP contribution >= 0.6 is 11.6 Å². The molecular formula is C21H33ClO5Si. The maximum Gasteiger partial charge on any atom is 0.203 e. The molecule has 1 aromatic rings. The SMILES string of the molecule is COc1c(O)cc2c(c1OC)C[C@H](Cl)[C@]21[C@@H](O[Si](C)(C)C(C)(C)C)CC[C@@H]1O. The molecule has 0 radical (unpaired) electrons. The molecule has 4 atom stereocenters. The largest absolute Gasteiger partial charge is 0.504 e. The normalized spacial score (nSPS) is 30.0. The van der Waals surface area contributed by atoms with Crippen molar-refractivity contribution in [1.82, 2.24) is 0 Å². The summed E-state index contributed by atoms with van der Waals surface area (Å²) in [6.07, 6.45) is 1.06. The van der Waals surface area contributed by atoms with E-state index in [-0.39, 0.29) is 22.3 Å². The van der Waals surface area contributed by atoms with E-state index in [1.807, 2.05) is 0 Å². The maximum absolute atomic E-state index is 11.1. The molecule has 2 aliphatic rings. The minimum absolute atomic E-state index is 0.00609. The van der Waals surface area contributed by atoms with Gasteiger partial charge in [-0.2, -0.15) is 0 Å². The fourth-order valence-electron chi connectivity index (χ4n) is 4.64. The zero-order chi connectivity index (χ0) is 21.1. The highest BCUT2D eigenvalue weighted by atomic mass is 35.5. The lowest BCUT2D eigenvalue weighted by atomic mass is 9.76. The van der Waals surface area contributed by atoms with Gasteiger partial charge in [0.2, 0.25) is 5.75 Å². The van der Waals surface area contributed by atoms with Crippen molar-refractivity contribution < 1.29 is 24.1 Å². The summed E-state index contributed by atoms with van der Waals surface area (Å²) in [6, 6.07) is 1.69. The van der Waals surface area contributed by atoms with E-state index in [1.54, 1.807) is 13.2 Å². The molecule has 0 bridgehead atoms. The molecule has 7 heteroatoms. The monoisotopic (exact) mass is 428 g/mol. The van der Waals surface area contributed by atoms with Gasteiger partial charge < -0.3 is 24.1 Å². The average molecular weight is 429 g/mol. The van der Waals surface area contributed by atoms with E-state index < -0.39 is 19.8 Å². The van der Waals surface area contributed by atoms with Crippen molar-refractivity contribution in [1.29, 1.82) is 0 Å². The topological polar surface area (TPSA) is 68.2 Å². The summed E-state index contributed by atoms with van der Waals surface area (Å²) < 4.78 is 17.7. The van der Waals surface area contributed by atoms with Crippen LogP contribution in [-0.4, -0.2) is 50.3 Å². The van der Waals surface area contributed by atoms with E-state index in [2.05, 4.69) is 33.9 Å². The summed E-state index contributed by atoms with van der Waals surface area (Å²) in [5.41, 5.74) is 0.960. The number of aliphatic hydroxyl groups excluding tert-OH is 1. The Labute approximate surface area is 174 Å². The zero-order valence-electron chi connectivity index (χ0n) is 17.9. The number of methoxy groups -OCH3 is 2. The Kier molecular flexibility index (Phi) is 5.50. The van der Waals surface area contributed by atoms with Crippen LogP contribution < -0.4 is 9.47 Å². The molecular weight excluding hydrogens is 396 g/mol. The molecule has 1 aromatic carbocycles. The second-order valence-corrected chi connectivity index (χ2v) is 14.8. The van der Waals surface area contributed by atoms with Gasteiger partial charge in [0.25, 0.3) is 0 Å². The summed E-state index contributed by atoms with van der Waals surface area (Å²) in [4.78, 5) is 0. The van der Waals surface area contributed by atoms with Gasteiger partial charge in [-0.05, 0) is 49.0 Å². The first-order chi connectivity index (χ1) is 12.9. The molecule has 0 saturated heterocycles. The molecule has 0 heterocycles. The summed E-state index contributed by atoms with van der Waals surface area (Å²) in [7, 11) is 0.971. The number of hydrogen-bond donors (Lipinski definition) is 2. The van der Waals surface area contributed by atoms with Crippen molar-refractivity contribution in [2.75, 3.05) is 14.2 Å². The third kappa shape index (κ3) is 2.95. The van der Waals surface area contributed by atoms with E-state index >= 15 is 0 Å². The molecule has 2 aliphatic carbocycles. The number of hydrogen-bond acceptors (Lipinski definition) is 5. The molecule has 1 saturated carbocycles. The Hall–Kier alpha value is -0.953. The lowest BCUT2D eigenvalue weighted by molar-refractivity contribution is 0.0429. The molecule has 1 spiro atoms. The van der Waals surface area contributed by atoms with Crippen LogP contribution in [0.2, 0.25) is 18.1 Å². The summed E-state index contributed by atoms with van der Waals surface area (Å²) >= 11 is 6.95. The number of aromatic hydroxyl groups is 1. The molecule has 2 N–H and O–H groups in total. The second kappa shape index (κ2) is 7.08. The summed E-state index contributed by atoms with van der Waals surface area (Å²) in [6.45, 7) is 11.1. The van der Waals surface area contributed by atoms with Crippen LogP contribution in [0.25, 0.3) is 0 Å². The number of rotatable bonds is 4. The predicted molar refractivity (Wildman–Crippen MR) is 114 cm³/mol. The van der Waals surface area contributed by atoms with Crippen molar-refractivity contribution in [2.45, 2.75) is 81.2 Å². The van der Waals surface area contributed by atoms with Crippen molar-refractivity contribution in [3.8, 4) is 17.2 Å². The van der Waals surface area contributed by atoms with Gasteiger partial charge in [-0.3, -0.25) is 0 Å². The van der Waals surface area contributed by atoms with Gasteiger partial charge in [-0.1, -0.05) is 20.8 Å². The van der Waals surface area contributed by atoms with Gasteiger partial charge in [-0.15, -0.1) is 11.6 Å². The van der Waals surface area contributed by atoms with Crippen molar-refractivity contribution in [3.63, 3.8) is 0 Å². The number of phenolic OH excluding ortho intramolecular Hbond substituents is 1. The Balaban J connectivity index is 2.16. The van der Waals surface area contributed by atoms with Crippen LogP contribution in [0.4, 0.5) is 0 Å². The summed E-state index contributed by atoms with van der Waals surface area (Å²) in [5.74, 6) is 0.787. The maximum atomic E-state index is 11.1. The van der Waals surface area contributed by atoms with Crippen molar-refractivity contribution in [2.24, 2.45) is 0 Å². The number of ether oxygens (including phenoxy) is 2. The Morgan fingerprint density at radius 1 is 1.14 bits per heavy atom. The highest BCUT2D eigenvalue weighted by molar-refractivity contribution is 6.74. The second-order valence-electron chi connectivity index (χ2n) is 9.55. The number of alkyl halides is 1. The van der Waals surface area contributed by atoms with Gasteiger partial charge in [0.05, 0.1) is 37.2 Å². The first kappa shape index (κ1) is 21.7. The number of phenols is 1. The number of halogens is 1. The van der Waals surface area contributed by atoms with Gasteiger partial charge in [0.1, 0.15) is 0 Å². The van der Waals surface area contributed by atoms with Gasteiger partial charge >= 0.3 is 0 Å². The van der Waals surface area contributed by atoms with E-state index in [0.717, 1.165) is 17.5 Å². The average Bonchev–Trinajstić information content (AvgIpc) is 3.06. The summed E-state index contributed by atoms with van der Waals surface area (Å²) in [5, 5.41) is 21.4. The third-order valence-corrected chi connectivity index (χ3v) is 12.1.